The summed E-state index contributed by atoms with van der Waals surface area (Å²) in [7, 11) is 0. The zero-order chi connectivity index (χ0) is 17.4. The number of amides is 1. The highest BCUT2D eigenvalue weighted by Crippen LogP contribution is 2.36. The van der Waals surface area contributed by atoms with E-state index in [-0.39, 0.29) is 12.1 Å². The van der Waals surface area contributed by atoms with Crippen molar-refractivity contribution in [2.24, 2.45) is 0 Å². The monoisotopic (exact) mass is 338 g/mol. The second-order valence-corrected chi connectivity index (χ2v) is 6.38. The minimum absolute atomic E-state index is 0.0409. The number of oxazole rings is 1. The SMILES string of the molecule is Cc1cc(C2CCC2)oc(=O)c1C(=O)NCc1nc2ccccc2o1. The van der Waals surface area contributed by atoms with Crippen LogP contribution in [0.5, 0.6) is 0 Å². The molecule has 1 amide bonds. The highest BCUT2D eigenvalue weighted by atomic mass is 16.4. The predicted octanol–water partition coefficient (Wildman–Crippen LogP) is 3.29. The van der Waals surface area contributed by atoms with E-state index in [0.29, 0.717) is 28.7 Å². The van der Waals surface area contributed by atoms with Gasteiger partial charge < -0.3 is 14.2 Å². The van der Waals surface area contributed by atoms with E-state index in [0.717, 1.165) is 24.8 Å². The Hall–Kier alpha value is -2.89. The molecule has 25 heavy (non-hydrogen) atoms. The number of benzene rings is 1. The number of aromatic nitrogens is 1. The van der Waals surface area contributed by atoms with Gasteiger partial charge >= 0.3 is 5.63 Å². The first-order chi connectivity index (χ1) is 12.1. The molecular formula is C19H18N2O4. The number of nitrogens with zero attached hydrogens (tertiary/aromatic N) is 1. The third-order valence-corrected chi connectivity index (χ3v) is 4.64. The molecule has 128 valence electrons. The molecule has 2 aromatic heterocycles. The van der Waals surface area contributed by atoms with Gasteiger partial charge in [-0.05, 0) is 43.5 Å². The van der Waals surface area contributed by atoms with Crippen LogP contribution in [-0.2, 0) is 6.54 Å². The average Bonchev–Trinajstić information content (AvgIpc) is 2.93. The first-order valence-corrected chi connectivity index (χ1v) is 8.39. The van der Waals surface area contributed by atoms with Gasteiger partial charge in [-0.25, -0.2) is 9.78 Å². The van der Waals surface area contributed by atoms with E-state index in [4.69, 9.17) is 8.83 Å². The van der Waals surface area contributed by atoms with Gasteiger partial charge in [0.2, 0.25) is 5.89 Å². The summed E-state index contributed by atoms with van der Waals surface area (Å²) in [5.41, 5.74) is 1.48. The van der Waals surface area contributed by atoms with Crippen molar-refractivity contribution in [1.82, 2.24) is 10.3 Å². The smallest absolute Gasteiger partial charge is 0.349 e. The summed E-state index contributed by atoms with van der Waals surface area (Å²) in [6, 6.07) is 9.17. The van der Waals surface area contributed by atoms with Crippen molar-refractivity contribution in [2.75, 3.05) is 0 Å². The predicted molar refractivity (Wildman–Crippen MR) is 91.5 cm³/mol. The van der Waals surface area contributed by atoms with Gasteiger partial charge in [0.1, 0.15) is 16.8 Å². The number of nitrogens with one attached hydrogen (secondary N) is 1. The Morgan fingerprint density at radius 1 is 1.28 bits per heavy atom. The van der Waals surface area contributed by atoms with Crippen LogP contribution < -0.4 is 10.9 Å². The lowest BCUT2D eigenvalue weighted by molar-refractivity contribution is 0.0942. The van der Waals surface area contributed by atoms with Crippen molar-refractivity contribution in [3.05, 3.63) is 63.5 Å². The normalized spacial score (nSPS) is 14.4. The Balaban J connectivity index is 1.51. The first-order valence-electron chi connectivity index (χ1n) is 8.39. The third-order valence-electron chi connectivity index (χ3n) is 4.64. The number of hydrogen-bond donors (Lipinski definition) is 1. The number of rotatable bonds is 4. The number of aryl methyl sites for hydroxylation is 1. The van der Waals surface area contributed by atoms with Crippen molar-refractivity contribution >= 4 is 17.0 Å². The number of fused-ring (bicyclic) bond motifs is 1. The summed E-state index contributed by atoms with van der Waals surface area (Å²) in [5.74, 6) is 0.906. The fourth-order valence-electron chi connectivity index (χ4n) is 3.04. The molecule has 4 rings (SSSR count). The summed E-state index contributed by atoms with van der Waals surface area (Å²) >= 11 is 0. The maximum absolute atomic E-state index is 12.4. The lowest BCUT2D eigenvalue weighted by atomic mass is 9.83. The van der Waals surface area contributed by atoms with E-state index >= 15 is 0 Å². The third kappa shape index (κ3) is 2.95. The van der Waals surface area contributed by atoms with E-state index < -0.39 is 11.5 Å². The quantitative estimate of drug-likeness (QED) is 0.789. The highest BCUT2D eigenvalue weighted by Gasteiger charge is 2.25. The molecule has 0 saturated heterocycles. The van der Waals surface area contributed by atoms with Gasteiger partial charge in [0.05, 0.1) is 6.54 Å². The Labute approximate surface area is 143 Å². The first kappa shape index (κ1) is 15.6. The van der Waals surface area contributed by atoms with Gasteiger partial charge in [0, 0.05) is 5.92 Å². The van der Waals surface area contributed by atoms with Crippen LogP contribution in [0.2, 0.25) is 0 Å². The molecule has 0 spiro atoms. The molecule has 2 heterocycles. The molecule has 0 radical (unpaired) electrons. The van der Waals surface area contributed by atoms with Gasteiger partial charge in [-0.2, -0.15) is 0 Å². The highest BCUT2D eigenvalue weighted by molar-refractivity contribution is 5.95. The minimum Gasteiger partial charge on any atom is -0.439 e. The van der Waals surface area contributed by atoms with Crippen LogP contribution in [-0.4, -0.2) is 10.9 Å². The summed E-state index contributed by atoms with van der Waals surface area (Å²) in [4.78, 5) is 28.9. The van der Waals surface area contributed by atoms with Crippen LogP contribution in [0.25, 0.3) is 11.1 Å². The molecule has 1 N–H and O–H groups in total. The molecule has 1 aliphatic carbocycles. The van der Waals surface area contributed by atoms with Gasteiger partial charge in [-0.3, -0.25) is 4.79 Å². The van der Waals surface area contributed by atoms with Crippen molar-refractivity contribution < 1.29 is 13.6 Å². The Kier molecular flexibility index (Phi) is 3.87. The van der Waals surface area contributed by atoms with Gasteiger partial charge in [-0.15, -0.1) is 0 Å². The van der Waals surface area contributed by atoms with Crippen molar-refractivity contribution in [1.29, 1.82) is 0 Å². The van der Waals surface area contributed by atoms with Crippen molar-refractivity contribution in [3.8, 4) is 0 Å². The molecule has 6 heteroatoms. The lowest BCUT2D eigenvalue weighted by Crippen LogP contribution is -2.29. The van der Waals surface area contributed by atoms with Gasteiger partial charge in [0.15, 0.2) is 5.58 Å². The molecule has 1 fully saturated rings. The Morgan fingerprint density at radius 2 is 2.08 bits per heavy atom. The molecule has 0 atom stereocenters. The van der Waals surface area contributed by atoms with Crippen LogP contribution in [0.15, 0.2) is 44.0 Å². The maximum Gasteiger partial charge on any atom is 0.349 e. The second-order valence-electron chi connectivity index (χ2n) is 6.38. The van der Waals surface area contributed by atoms with Crippen LogP contribution in [0, 0.1) is 6.92 Å². The summed E-state index contributed by atoms with van der Waals surface area (Å²) in [6.07, 6.45) is 3.22. The molecule has 1 saturated carbocycles. The molecule has 0 aliphatic heterocycles. The van der Waals surface area contributed by atoms with E-state index in [2.05, 4.69) is 10.3 Å². The zero-order valence-electron chi connectivity index (χ0n) is 13.9. The van der Waals surface area contributed by atoms with E-state index in [1.165, 1.54) is 0 Å². The second kappa shape index (κ2) is 6.20. The van der Waals surface area contributed by atoms with Crippen molar-refractivity contribution in [3.63, 3.8) is 0 Å². The standard InChI is InChI=1S/C19H18N2O4/c1-11-9-15(12-5-4-6-12)25-19(23)17(11)18(22)20-10-16-21-13-7-2-3-8-14(13)24-16/h2-3,7-9,12H,4-6,10H2,1H3,(H,20,22). The lowest BCUT2D eigenvalue weighted by Gasteiger charge is -2.24. The van der Waals surface area contributed by atoms with E-state index in [9.17, 15) is 9.59 Å². The van der Waals surface area contributed by atoms with Crippen LogP contribution >= 0.6 is 0 Å². The molecule has 1 aromatic carbocycles. The van der Waals surface area contributed by atoms with E-state index in [1.54, 1.807) is 13.0 Å². The fourth-order valence-corrected chi connectivity index (χ4v) is 3.04. The number of para-hydroxylation sites is 2. The van der Waals surface area contributed by atoms with Crippen molar-refractivity contribution in [2.45, 2.75) is 38.6 Å². The molecule has 6 nitrogen and oxygen atoms in total. The fraction of sp³-hybridized carbons (Fsp3) is 0.316. The Bertz CT molecular complexity index is 965. The van der Waals surface area contributed by atoms with Crippen LogP contribution in [0.1, 0.15) is 52.8 Å². The van der Waals surface area contributed by atoms with E-state index in [1.807, 2.05) is 24.3 Å². The number of hydrogen-bond acceptors (Lipinski definition) is 5. The zero-order valence-corrected chi connectivity index (χ0v) is 13.9. The molecular weight excluding hydrogens is 320 g/mol. The molecule has 1 aliphatic rings. The van der Waals surface area contributed by atoms with Crippen LogP contribution in [0.4, 0.5) is 0 Å². The number of carbonyl (C=O) groups excluding carboxylic acids is 1. The largest absolute Gasteiger partial charge is 0.439 e. The number of carbonyl (C=O) groups is 1. The maximum atomic E-state index is 12.4. The minimum atomic E-state index is -0.586. The average molecular weight is 338 g/mol. The van der Waals surface area contributed by atoms with Gasteiger partial charge in [0.25, 0.3) is 5.91 Å². The molecule has 0 bridgehead atoms. The summed E-state index contributed by atoms with van der Waals surface area (Å²) in [6.45, 7) is 1.87. The molecule has 0 unspecified atom stereocenters. The summed E-state index contributed by atoms with van der Waals surface area (Å²) in [5, 5.41) is 2.68. The van der Waals surface area contributed by atoms with Crippen LogP contribution in [0.3, 0.4) is 0 Å². The topological polar surface area (TPSA) is 85.3 Å². The molecule has 3 aromatic rings. The van der Waals surface area contributed by atoms with Gasteiger partial charge in [-0.1, -0.05) is 18.6 Å². The summed E-state index contributed by atoms with van der Waals surface area (Å²) < 4.78 is 10.9. The Morgan fingerprint density at radius 3 is 2.76 bits per heavy atom.